The lowest BCUT2D eigenvalue weighted by Crippen LogP contribution is -3.00. The third-order valence-corrected chi connectivity index (χ3v) is 2.48. The summed E-state index contributed by atoms with van der Waals surface area (Å²) in [6.45, 7) is 0.805. The molecule has 0 aromatic heterocycles. The maximum absolute atomic E-state index is 9.31. The van der Waals surface area contributed by atoms with Gasteiger partial charge in [0.1, 0.15) is 11.5 Å². The van der Waals surface area contributed by atoms with Crippen LogP contribution in [0.1, 0.15) is 0 Å². The molecule has 3 nitrogen and oxygen atoms in total. The Morgan fingerprint density at radius 2 is 2.00 bits per heavy atom. The van der Waals surface area contributed by atoms with Crippen molar-refractivity contribution in [2.45, 2.75) is 4.90 Å². The Balaban J connectivity index is 0.00000144. The maximum atomic E-state index is 9.31. The van der Waals surface area contributed by atoms with Crippen molar-refractivity contribution < 1.29 is 28.4 Å². The Morgan fingerprint density at radius 1 is 1.31 bits per heavy atom. The monoisotopic (exact) mass is 221 g/mol. The molecule has 0 heterocycles. The van der Waals surface area contributed by atoms with Crippen molar-refractivity contribution in [1.29, 1.82) is 0 Å². The fourth-order valence-electron chi connectivity index (χ4n) is 0.801. The second-order valence-electron chi connectivity index (χ2n) is 2.35. The van der Waals surface area contributed by atoms with Gasteiger partial charge in [-0.15, -0.1) is 11.8 Å². The largest absolute Gasteiger partial charge is 1.00 e. The first-order chi connectivity index (χ1) is 5.74. The summed E-state index contributed by atoms with van der Waals surface area (Å²) in [6.07, 6.45) is 0. The lowest BCUT2D eigenvalue weighted by Gasteiger charge is -2.02. The number of benzene rings is 1. The first-order valence-corrected chi connectivity index (χ1v) is 4.66. The molecule has 0 saturated heterocycles. The van der Waals surface area contributed by atoms with Gasteiger partial charge in [0.05, 0.1) is 11.4 Å². The highest BCUT2D eigenvalue weighted by atomic mass is 35.5. The zero-order valence-electron chi connectivity index (χ0n) is 7.03. The first-order valence-electron chi connectivity index (χ1n) is 3.68. The van der Waals surface area contributed by atoms with Crippen LogP contribution in [-0.2, 0) is 0 Å². The lowest BCUT2D eigenvalue weighted by molar-refractivity contribution is -0.360. The molecule has 0 spiro atoms. The van der Waals surface area contributed by atoms with Crippen LogP contribution in [0.5, 0.6) is 11.5 Å². The summed E-state index contributed by atoms with van der Waals surface area (Å²) >= 11 is 1.49. The number of aromatic hydroxyl groups is 2. The average Bonchev–Trinajstić information content (AvgIpc) is 2.07. The predicted molar refractivity (Wildman–Crippen MR) is 48.3 cm³/mol. The Labute approximate surface area is 87.4 Å². The van der Waals surface area contributed by atoms with Crippen molar-refractivity contribution in [3.63, 3.8) is 0 Å². The number of thioether (sulfide) groups is 1. The second-order valence-corrected chi connectivity index (χ2v) is 3.49. The third-order valence-electron chi connectivity index (χ3n) is 1.35. The molecule has 5 N–H and O–H groups in total. The number of hydrogen-bond donors (Lipinski definition) is 3. The Kier molecular flexibility index (Phi) is 5.70. The number of phenols is 2. The van der Waals surface area contributed by atoms with Crippen molar-refractivity contribution in [3.05, 3.63) is 18.2 Å². The fourth-order valence-corrected chi connectivity index (χ4v) is 1.58. The number of quaternary nitrogens is 1. The van der Waals surface area contributed by atoms with E-state index in [0.717, 1.165) is 12.3 Å². The zero-order chi connectivity index (χ0) is 8.97. The molecule has 0 aliphatic rings. The van der Waals surface area contributed by atoms with E-state index >= 15 is 0 Å². The minimum absolute atomic E-state index is 0. The molecule has 0 aliphatic heterocycles. The number of halogens is 1. The number of rotatable bonds is 3. The summed E-state index contributed by atoms with van der Waals surface area (Å²) in [7, 11) is 0. The number of hydrogen-bond acceptors (Lipinski definition) is 3. The van der Waals surface area contributed by atoms with Gasteiger partial charge in [0, 0.05) is 5.75 Å². The molecule has 0 aliphatic carbocycles. The van der Waals surface area contributed by atoms with E-state index in [1.54, 1.807) is 6.07 Å². The van der Waals surface area contributed by atoms with Crippen LogP contribution >= 0.6 is 11.8 Å². The molecule has 0 amide bonds. The summed E-state index contributed by atoms with van der Waals surface area (Å²) in [4.78, 5) is 0.707. The maximum Gasteiger partial charge on any atom is 0.129 e. The normalized spacial score (nSPS) is 9.31. The van der Waals surface area contributed by atoms with E-state index in [1.807, 2.05) is 0 Å². The molecular formula is C8H12ClNO2S. The van der Waals surface area contributed by atoms with E-state index in [1.165, 1.54) is 23.9 Å². The lowest BCUT2D eigenvalue weighted by atomic mass is 10.3. The van der Waals surface area contributed by atoms with E-state index in [9.17, 15) is 5.11 Å². The molecule has 1 rings (SSSR count). The van der Waals surface area contributed by atoms with Gasteiger partial charge in [-0.1, -0.05) is 0 Å². The smallest absolute Gasteiger partial charge is 0.129 e. The van der Waals surface area contributed by atoms with Gasteiger partial charge >= 0.3 is 0 Å². The summed E-state index contributed by atoms with van der Waals surface area (Å²) in [5.41, 5.74) is 3.69. The molecule has 0 radical (unpaired) electrons. The first kappa shape index (κ1) is 12.4. The molecule has 0 atom stereocenters. The average molecular weight is 222 g/mol. The van der Waals surface area contributed by atoms with Crippen LogP contribution < -0.4 is 18.1 Å². The second kappa shape index (κ2) is 5.96. The van der Waals surface area contributed by atoms with Gasteiger partial charge in [0.2, 0.25) is 0 Å². The summed E-state index contributed by atoms with van der Waals surface area (Å²) in [5, 5.41) is 18.4. The van der Waals surface area contributed by atoms with Crippen molar-refractivity contribution >= 4 is 11.8 Å². The van der Waals surface area contributed by atoms with E-state index < -0.39 is 0 Å². The van der Waals surface area contributed by atoms with Gasteiger partial charge < -0.3 is 28.4 Å². The van der Waals surface area contributed by atoms with Crippen molar-refractivity contribution in [2.75, 3.05) is 12.3 Å². The van der Waals surface area contributed by atoms with Gasteiger partial charge in [-0.05, 0) is 18.2 Å². The van der Waals surface area contributed by atoms with Gasteiger partial charge in [0.15, 0.2) is 0 Å². The SMILES string of the molecule is [Cl-].[NH3+]CCSc1cc(O)ccc1O. The zero-order valence-corrected chi connectivity index (χ0v) is 8.61. The summed E-state index contributed by atoms with van der Waals surface area (Å²) in [5.74, 6) is 1.24. The van der Waals surface area contributed by atoms with Gasteiger partial charge in [-0.25, -0.2) is 0 Å². The standard InChI is InChI=1S/C8H11NO2S.ClH/c9-3-4-12-8-5-6(10)1-2-7(8)11;/h1-2,5,10-11H,3-4,9H2;1H. The molecular weight excluding hydrogens is 210 g/mol. The van der Waals surface area contributed by atoms with Gasteiger partial charge in [-0.3, -0.25) is 0 Å². The molecule has 0 fully saturated rings. The van der Waals surface area contributed by atoms with Crippen LogP contribution in [-0.4, -0.2) is 22.5 Å². The summed E-state index contributed by atoms with van der Waals surface area (Å²) < 4.78 is 0. The van der Waals surface area contributed by atoms with Gasteiger partial charge in [-0.2, -0.15) is 0 Å². The Morgan fingerprint density at radius 3 is 2.62 bits per heavy atom. The molecule has 74 valence electrons. The quantitative estimate of drug-likeness (QED) is 0.389. The third kappa shape index (κ3) is 3.76. The van der Waals surface area contributed by atoms with Crippen LogP contribution in [0.15, 0.2) is 23.1 Å². The van der Waals surface area contributed by atoms with Crippen molar-refractivity contribution in [2.24, 2.45) is 0 Å². The minimum Gasteiger partial charge on any atom is -1.00 e. The Hall–Kier alpha value is -0.580. The highest BCUT2D eigenvalue weighted by Gasteiger charge is 2.02. The van der Waals surface area contributed by atoms with Crippen molar-refractivity contribution in [3.8, 4) is 11.5 Å². The van der Waals surface area contributed by atoms with Crippen LogP contribution in [0.2, 0.25) is 0 Å². The predicted octanol–water partition coefficient (Wildman–Crippen LogP) is -2.56. The molecule has 1 aromatic carbocycles. The minimum atomic E-state index is 0. The van der Waals surface area contributed by atoms with E-state index in [4.69, 9.17) is 5.11 Å². The van der Waals surface area contributed by atoms with Crippen LogP contribution in [0.4, 0.5) is 0 Å². The topological polar surface area (TPSA) is 68.1 Å². The Bertz CT molecular complexity index is 270. The highest BCUT2D eigenvalue weighted by Crippen LogP contribution is 2.30. The molecule has 1 aromatic rings. The highest BCUT2D eigenvalue weighted by molar-refractivity contribution is 7.99. The van der Waals surface area contributed by atoms with Crippen LogP contribution in [0.25, 0.3) is 0 Å². The number of phenolic OH excluding ortho intramolecular Hbond substituents is 2. The van der Waals surface area contributed by atoms with E-state index in [0.29, 0.717) is 4.90 Å². The van der Waals surface area contributed by atoms with Crippen molar-refractivity contribution in [1.82, 2.24) is 0 Å². The molecule has 13 heavy (non-hydrogen) atoms. The fraction of sp³-hybridized carbons (Fsp3) is 0.250. The molecule has 5 heteroatoms. The molecule has 0 unspecified atom stereocenters. The van der Waals surface area contributed by atoms with E-state index in [-0.39, 0.29) is 23.9 Å². The molecule has 0 bridgehead atoms. The summed E-state index contributed by atoms with van der Waals surface area (Å²) in [6, 6.07) is 4.50. The van der Waals surface area contributed by atoms with Crippen LogP contribution in [0, 0.1) is 0 Å². The van der Waals surface area contributed by atoms with E-state index in [2.05, 4.69) is 5.73 Å². The molecule has 0 saturated carbocycles. The van der Waals surface area contributed by atoms with Gasteiger partial charge in [0.25, 0.3) is 0 Å². The van der Waals surface area contributed by atoms with Crippen LogP contribution in [0.3, 0.4) is 0 Å².